The second kappa shape index (κ2) is 6.95. The summed E-state index contributed by atoms with van der Waals surface area (Å²) in [5.41, 5.74) is -0.357. The minimum absolute atomic E-state index is 0.371. The highest BCUT2D eigenvalue weighted by atomic mass is 19.1. The summed E-state index contributed by atoms with van der Waals surface area (Å²) in [6.45, 7) is 2.99. The van der Waals surface area contributed by atoms with E-state index in [1.54, 1.807) is 12.1 Å². The van der Waals surface area contributed by atoms with Crippen molar-refractivity contribution in [2.75, 3.05) is 19.6 Å². The van der Waals surface area contributed by atoms with E-state index in [-0.39, 0.29) is 5.82 Å². The van der Waals surface area contributed by atoms with E-state index in [1.165, 1.54) is 29.9 Å². The van der Waals surface area contributed by atoms with Gasteiger partial charge < -0.3 is 10.0 Å². The van der Waals surface area contributed by atoms with Crippen LogP contribution in [0.2, 0.25) is 0 Å². The predicted octanol–water partition coefficient (Wildman–Crippen LogP) is 1.74. The summed E-state index contributed by atoms with van der Waals surface area (Å²) in [4.78, 5) is 1.45. The van der Waals surface area contributed by atoms with Crippen LogP contribution in [0.15, 0.2) is 54.6 Å². The van der Waals surface area contributed by atoms with Crippen molar-refractivity contribution in [2.45, 2.75) is 18.4 Å². The minimum atomic E-state index is -1.48. The molecule has 1 aliphatic heterocycles. The number of halogens is 1. The Morgan fingerprint density at radius 2 is 1.70 bits per heavy atom. The van der Waals surface area contributed by atoms with Crippen LogP contribution >= 0.6 is 0 Å². The van der Waals surface area contributed by atoms with Gasteiger partial charge in [-0.3, -0.25) is 0 Å². The van der Waals surface area contributed by atoms with Crippen LogP contribution in [0.3, 0.4) is 0 Å². The van der Waals surface area contributed by atoms with Gasteiger partial charge >= 0.3 is 0 Å². The zero-order valence-electron chi connectivity index (χ0n) is 13.1. The summed E-state index contributed by atoms with van der Waals surface area (Å²) in [6, 6.07) is 15.3. The number of benzene rings is 2. The Bertz CT molecular complexity index is 713. The third-order valence-electron chi connectivity index (χ3n) is 4.35. The fourth-order valence-corrected chi connectivity index (χ4v) is 3.05. The molecule has 2 aromatic carbocycles. The molecule has 3 heteroatoms. The maximum Gasteiger partial charge on any atom is 0.177 e. The molecule has 1 fully saturated rings. The number of quaternary nitrogens is 1. The van der Waals surface area contributed by atoms with E-state index in [0.29, 0.717) is 17.7 Å². The van der Waals surface area contributed by atoms with Crippen LogP contribution in [0.5, 0.6) is 0 Å². The molecule has 1 atom stereocenters. The lowest BCUT2D eigenvalue weighted by Crippen LogP contribution is -3.09. The van der Waals surface area contributed by atoms with Crippen LogP contribution < -0.4 is 4.90 Å². The molecule has 0 aromatic heterocycles. The fraction of sp³-hybridized carbons (Fsp3) is 0.300. The quantitative estimate of drug-likeness (QED) is 0.830. The van der Waals surface area contributed by atoms with Crippen LogP contribution in [-0.4, -0.2) is 24.7 Å². The van der Waals surface area contributed by atoms with E-state index in [1.807, 2.05) is 30.3 Å². The fourth-order valence-electron chi connectivity index (χ4n) is 3.05. The van der Waals surface area contributed by atoms with E-state index in [4.69, 9.17) is 0 Å². The first-order valence-electron chi connectivity index (χ1n) is 8.06. The molecular formula is C20H21FNO+. The number of hydrogen-bond acceptors (Lipinski definition) is 1. The van der Waals surface area contributed by atoms with Gasteiger partial charge in [-0.2, -0.15) is 0 Å². The Balaban J connectivity index is 1.95. The van der Waals surface area contributed by atoms with Gasteiger partial charge in [0, 0.05) is 24.0 Å². The molecule has 0 saturated carbocycles. The molecule has 23 heavy (non-hydrogen) atoms. The third kappa shape index (κ3) is 3.61. The van der Waals surface area contributed by atoms with E-state index in [9.17, 15) is 9.50 Å². The van der Waals surface area contributed by atoms with Gasteiger partial charge in [-0.15, -0.1) is 0 Å². The topological polar surface area (TPSA) is 24.7 Å². The number of aliphatic hydroxyl groups is 1. The largest absolute Gasteiger partial charge is 0.369 e. The van der Waals surface area contributed by atoms with Crippen molar-refractivity contribution in [2.24, 2.45) is 0 Å². The van der Waals surface area contributed by atoms with Crippen molar-refractivity contribution >= 4 is 0 Å². The maximum atomic E-state index is 13.6. The molecule has 3 rings (SSSR count). The molecule has 1 saturated heterocycles. The Hall–Kier alpha value is -2.15. The van der Waals surface area contributed by atoms with Gasteiger partial charge in [0.2, 0.25) is 0 Å². The summed E-state index contributed by atoms with van der Waals surface area (Å²) in [7, 11) is 0. The van der Waals surface area contributed by atoms with E-state index >= 15 is 0 Å². The zero-order valence-corrected chi connectivity index (χ0v) is 13.1. The lowest BCUT2D eigenvalue weighted by atomic mass is 9.87. The van der Waals surface area contributed by atoms with Crippen molar-refractivity contribution in [1.82, 2.24) is 0 Å². The van der Waals surface area contributed by atoms with Gasteiger partial charge in [0.1, 0.15) is 12.4 Å². The smallest absolute Gasteiger partial charge is 0.177 e. The molecule has 1 aliphatic rings. The standard InChI is InChI=1S/C20H20FNO/c21-19-11-6-10-18(16-19)20(23,17-8-2-1-3-9-17)12-7-15-22-13-4-5-14-22/h1-3,6,8-11,16,23H,4-5,13-15H2/p+1/t20-/m1/s1. The summed E-state index contributed by atoms with van der Waals surface area (Å²) in [5.74, 6) is 5.75. The number of rotatable bonds is 3. The van der Waals surface area contributed by atoms with Gasteiger partial charge in [0.05, 0.1) is 13.1 Å². The molecule has 0 unspecified atom stereocenters. The average Bonchev–Trinajstić information content (AvgIpc) is 3.09. The zero-order chi connectivity index (χ0) is 16.1. The van der Waals surface area contributed by atoms with Crippen molar-refractivity contribution in [3.8, 4) is 11.8 Å². The second-order valence-corrected chi connectivity index (χ2v) is 6.02. The van der Waals surface area contributed by atoms with E-state index < -0.39 is 5.60 Å². The van der Waals surface area contributed by atoms with E-state index in [2.05, 4.69) is 11.8 Å². The van der Waals surface area contributed by atoms with Crippen molar-refractivity contribution in [3.05, 3.63) is 71.5 Å². The van der Waals surface area contributed by atoms with Gasteiger partial charge in [-0.25, -0.2) is 4.39 Å². The molecule has 0 spiro atoms. The second-order valence-electron chi connectivity index (χ2n) is 6.02. The SMILES string of the molecule is O[C@](C#CC[NH+]1CCCC1)(c1ccccc1)c1cccc(F)c1. The molecule has 0 amide bonds. The van der Waals surface area contributed by atoms with Crippen LogP contribution in [0.25, 0.3) is 0 Å². The van der Waals surface area contributed by atoms with Crippen LogP contribution in [0.4, 0.5) is 4.39 Å². The first-order valence-corrected chi connectivity index (χ1v) is 8.06. The molecule has 2 aromatic rings. The monoisotopic (exact) mass is 310 g/mol. The molecule has 2 N–H and O–H groups in total. The number of hydrogen-bond donors (Lipinski definition) is 2. The van der Waals surface area contributed by atoms with Crippen LogP contribution in [0.1, 0.15) is 24.0 Å². The van der Waals surface area contributed by atoms with Crippen LogP contribution in [-0.2, 0) is 5.60 Å². The van der Waals surface area contributed by atoms with E-state index in [0.717, 1.165) is 13.1 Å². The first-order chi connectivity index (χ1) is 11.2. The van der Waals surface area contributed by atoms with Crippen molar-refractivity contribution in [1.29, 1.82) is 0 Å². The van der Waals surface area contributed by atoms with Crippen LogP contribution in [0, 0.1) is 17.7 Å². The normalized spacial score (nSPS) is 17.3. The highest BCUT2D eigenvalue weighted by molar-refractivity contribution is 5.44. The van der Waals surface area contributed by atoms with Gasteiger partial charge in [0.15, 0.2) is 5.60 Å². The number of nitrogens with one attached hydrogen (secondary N) is 1. The molecule has 0 aliphatic carbocycles. The Kier molecular flexibility index (Phi) is 4.76. The van der Waals surface area contributed by atoms with Gasteiger partial charge in [0.25, 0.3) is 0 Å². The van der Waals surface area contributed by atoms with Crippen molar-refractivity contribution < 1.29 is 14.4 Å². The van der Waals surface area contributed by atoms with Gasteiger partial charge in [-0.05, 0) is 18.1 Å². The summed E-state index contributed by atoms with van der Waals surface area (Å²) >= 11 is 0. The summed E-state index contributed by atoms with van der Waals surface area (Å²) in [6.07, 6.45) is 2.48. The Morgan fingerprint density at radius 3 is 2.39 bits per heavy atom. The molecule has 1 heterocycles. The molecule has 0 bridgehead atoms. The molecular weight excluding hydrogens is 289 g/mol. The molecule has 2 nitrogen and oxygen atoms in total. The number of likely N-dealkylation sites (tertiary alicyclic amines) is 1. The third-order valence-corrected chi connectivity index (χ3v) is 4.35. The predicted molar refractivity (Wildman–Crippen MR) is 88.4 cm³/mol. The summed E-state index contributed by atoms with van der Waals surface area (Å²) in [5, 5.41) is 11.2. The minimum Gasteiger partial charge on any atom is -0.369 e. The molecule has 0 radical (unpaired) electrons. The Morgan fingerprint density at radius 1 is 1.00 bits per heavy atom. The Labute approximate surface area is 136 Å². The molecule has 118 valence electrons. The summed E-state index contributed by atoms with van der Waals surface area (Å²) < 4.78 is 13.6. The average molecular weight is 310 g/mol. The maximum absolute atomic E-state index is 13.6. The highest BCUT2D eigenvalue weighted by Crippen LogP contribution is 2.29. The first kappa shape index (κ1) is 15.7. The lowest BCUT2D eigenvalue weighted by molar-refractivity contribution is -0.879. The lowest BCUT2D eigenvalue weighted by Gasteiger charge is -2.23. The van der Waals surface area contributed by atoms with Gasteiger partial charge in [-0.1, -0.05) is 48.4 Å². The van der Waals surface area contributed by atoms with Crippen molar-refractivity contribution in [3.63, 3.8) is 0 Å². The highest BCUT2D eigenvalue weighted by Gasteiger charge is 2.30.